The summed E-state index contributed by atoms with van der Waals surface area (Å²) in [7, 11) is 0. The summed E-state index contributed by atoms with van der Waals surface area (Å²) in [5.74, 6) is -2.80. The summed E-state index contributed by atoms with van der Waals surface area (Å²) in [4.78, 5) is 13.6. The molecule has 0 N–H and O–H groups in total. The van der Waals surface area contributed by atoms with Crippen molar-refractivity contribution in [3.63, 3.8) is 0 Å². The second kappa shape index (κ2) is 6.04. The third-order valence-corrected chi connectivity index (χ3v) is 3.00. The Balaban J connectivity index is 2.97. The highest BCUT2D eigenvalue weighted by Gasteiger charge is 2.54. The molecule has 0 aliphatic heterocycles. The molecule has 4 nitrogen and oxygen atoms in total. The highest BCUT2D eigenvalue weighted by Crippen LogP contribution is 2.37. The van der Waals surface area contributed by atoms with Crippen LogP contribution in [0.2, 0.25) is 0 Å². The van der Waals surface area contributed by atoms with Crippen molar-refractivity contribution in [1.29, 1.82) is 0 Å². The third kappa shape index (κ3) is 2.58. The number of halogens is 4. The predicted octanol–water partition coefficient (Wildman–Crippen LogP) is 3.02. The predicted molar refractivity (Wildman–Crippen MR) is 55.9 cm³/mol. The quantitative estimate of drug-likeness (QED) is 0.334. The minimum atomic E-state index is -2.51. The molecular formula is C10H13F4N3O. The fraction of sp³-hybridized carbons (Fsp3) is 0.900. The molecule has 8 heteroatoms. The van der Waals surface area contributed by atoms with E-state index in [9.17, 15) is 22.4 Å². The van der Waals surface area contributed by atoms with Gasteiger partial charge in [0, 0.05) is 11.3 Å². The van der Waals surface area contributed by atoms with Crippen molar-refractivity contribution < 1.29 is 22.4 Å². The first-order chi connectivity index (χ1) is 8.45. The molecule has 0 spiro atoms. The normalized spacial score (nSPS) is 40.1. The third-order valence-electron chi connectivity index (χ3n) is 3.00. The summed E-state index contributed by atoms with van der Waals surface area (Å²) in [6.45, 7) is 1.61. The van der Waals surface area contributed by atoms with Gasteiger partial charge in [-0.05, 0) is 12.0 Å². The summed E-state index contributed by atoms with van der Waals surface area (Å²) in [6, 6.07) is -2.06. The van der Waals surface area contributed by atoms with Crippen LogP contribution in [-0.4, -0.2) is 36.5 Å². The van der Waals surface area contributed by atoms with Crippen LogP contribution >= 0.6 is 0 Å². The Hall–Kier alpha value is -1.30. The maximum absolute atomic E-state index is 13.6. The number of carbonyl (C=O) groups excluding carboxylic acids is 1. The summed E-state index contributed by atoms with van der Waals surface area (Å²) < 4.78 is 54.3. The van der Waals surface area contributed by atoms with E-state index in [0.29, 0.717) is 6.42 Å². The van der Waals surface area contributed by atoms with Crippen molar-refractivity contribution in [3.05, 3.63) is 10.4 Å². The molecule has 1 rings (SSSR count). The SMILES string of the molecule is CCCC(=O)C1C(F)C(F)C(N=[N+]=[N-])C(F)C1F. The lowest BCUT2D eigenvalue weighted by molar-refractivity contribution is -0.136. The van der Waals surface area contributed by atoms with Crippen LogP contribution in [0.5, 0.6) is 0 Å². The van der Waals surface area contributed by atoms with Gasteiger partial charge in [0.05, 0.1) is 5.92 Å². The fourth-order valence-electron chi connectivity index (χ4n) is 2.08. The lowest BCUT2D eigenvalue weighted by Gasteiger charge is -2.36. The van der Waals surface area contributed by atoms with E-state index >= 15 is 0 Å². The van der Waals surface area contributed by atoms with Gasteiger partial charge < -0.3 is 0 Å². The summed E-state index contributed by atoms with van der Waals surface area (Å²) in [6.07, 6.45) is -9.79. The van der Waals surface area contributed by atoms with E-state index in [1.807, 2.05) is 0 Å². The van der Waals surface area contributed by atoms with Crippen molar-refractivity contribution in [1.82, 2.24) is 0 Å². The van der Waals surface area contributed by atoms with Gasteiger partial charge in [0.2, 0.25) is 0 Å². The molecule has 1 aliphatic carbocycles. The minimum Gasteiger partial charge on any atom is -0.299 e. The fourth-order valence-corrected chi connectivity index (χ4v) is 2.08. The number of alkyl halides is 4. The van der Waals surface area contributed by atoms with Crippen molar-refractivity contribution in [3.8, 4) is 0 Å². The Labute approximate surface area is 101 Å². The molecule has 0 aromatic carbocycles. The van der Waals surface area contributed by atoms with Gasteiger partial charge in [0.15, 0.2) is 0 Å². The molecule has 0 aromatic heterocycles. The molecule has 0 radical (unpaired) electrons. The molecule has 1 aliphatic rings. The number of hydrogen-bond donors (Lipinski definition) is 0. The van der Waals surface area contributed by atoms with Crippen molar-refractivity contribution in [2.45, 2.75) is 50.5 Å². The molecule has 0 bridgehead atoms. The molecule has 0 heterocycles. The molecule has 1 fully saturated rings. The van der Waals surface area contributed by atoms with E-state index in [-0.39, 0.29) is 6.42 Å². The van der Waals surface area contributed by atoms with Crippen LogP contribution in [0.3, 0.4) is 0 Å². The highest BCUT2D eigenvalue weighted by atomic mass is 19.2. The number of rotatable bonds is 4. The smallest absolute Gasteiger partial charge is 0.144 e. The first kappa shape index (κ1) is 14.8. The van der Waals surface area contributed by atoms with E-state index in [1.165, 1.54) is 0 Å². The van der Waals surface area contributed by atoms with Crippen LogP contribution in [-0.2, 0) is 4.79 Å². The van der Waals surface area contributed by atoms with Gasteiger partial charge in [-0.2, -0.15) is 0 Å². The topological polar surface area (TPSA) is 65.8 Å². The second-order valence-corrected chi connectivity index (χ2v) is 4.22. The van der Waals surface area contributed by atoms with Gasteiger partial charge in [-0.1, -0.05) is 12.0 Å². The number of nitrogens with zero attached hydrogens (tertiary/aromatic N) is 3. The Morgan fingerprint density at radius 2 is 1.67 bits per heavy atom. The second-order valence-electron chi connectivity index (χ2n) is 4.22. The van der Waals surface area contributed by atoms with Crippen LogP contribution in [0.15, 0.2) is 5.11 Å². The number of carbonyl (C=O) groups is 1. The molecule has 0 saturated heterocycles. The Kier molecular flexibility index (Phi) is 4.95. The van der Waals surface area contributed by atoms with Gasteiger partial charge in [0.25, 0.3) is 0 Å². The largest absolute Gasteiger partial charge is 0.299 e. The van der Waals surface area contributed by atoms with E-state index in [1.54, 1.807) is 6.92 Å². The number of azide groups is 1. The highest BCUT2D eigenvalue weighted by molar-refractivity contribution is 5.82. The molecule has 4 atom stereocenters. The van der Waals surface area contributed by atoms with Crippen molar-refractivity contribution in [2.75, 3.05) is 0 Å². The molecule has 0 aromatic rings. The van der Waals surface area contributed by atoms with Crippen LogP contribution in [0.4, 0.5) is 17.6 Å². The zero-order valence-corrected chi connectivity index (χ0v) is 9.64. The van der Waals surface area contributed by atoms with Gasteiger partial charge in [-0.3, -0.25) is 4.79 Å². The standard InChI is InChI=1S/C10H13F4N3O/c1-2-3-4(18)5-6(11)8(13)10(16-17-15)9(14)7(5)12/h5-10H,2-3H2,1H3. The van der Waals surface area contributed by atoms with Gasteiger partial charge >= 0.3 is 0 Å². The van der Waals surface area contributed by atoms with E-state index in [4.69, 9.17) is 5.53 Å². The number of ketones is 1. The van der Waals surface area contributed by atoms with Crippen LogP contribution < -0.4 is 0 Å². The number of hydrogen-bond acceptors (Lipinski definition) is 2. The Morgan fingerprint density at radius 1 is 1.17 bits per heavy atom. The maximum Gasteiger partial charge on any atom is 0.144 e. The average molecular weight is 267 g/mol. The lowest BCUT2D eigenvalue weighted by atomic mass is 9.77. The molecule has 102 valence electrons. The molecule has 1 saturated carbocycles. The van der Waals surface area contributed by atoms with Crippen LogP contribution in [0, 0.1) is 5.92 Å². The Morgan fingerprint density at radius 3 is 2.06 bits per heavy atom. The molecule has 18 heavy (non-hydrogen) atoms. The first-order valence-corrected chi connectivity index (χ1v) is 5.58. The summed E-state index contributed by atoms with van der Waals surface area (Å²) >= 11 is 0. The summed E-state index contributed by atoms with van der Waals surface area (Å²) in [5.41, 5.74) is 8.10. The molecule has 4 unspecified atom stereocenters. The molecular weight excluding hydrogens is 254 g/mol. The lowest BCUT2D eigenvalue weighted by Crippen LogP contribution is -2.56. The maximum atomic E-state index is 13.6. The van der Waals surface area contributed by atoms with E-state index < -0.39 is 42.4 Å². The Bertz CT molecular complexity index is 345. The number of Topliss-reactive ketones (excluding diaryl/α,β-unsaturated/α-hetero) is 1. The molecule has 0 amide bonds. The van der Waals surface area contributed by atoms with E-state index in [0.717, 1.165) is 0 Å². The first-order valence-electron chi connectivity index (χ1n) is 5.58. The minimum absolute atomic E-state index is 0.142. The van der Waals surface area contributed by atoms with Crippen molar-refractivity contribution in [2.24, 2.45) is 11.0 Å². The zero-order chi connectivity index (χ0) is 13.9. The van der Waals surface area contributed by atoms with Crippen molar-refractivity contribution >= 4 is 5.78 Å². The van der Waals surface area contributed by atoms with Gasteiger partial charge in [-0.15, -0.1) is 0 Å². The van der Waals surface area contributed by atoms with Crippen LogP contribution in [0.25, 0.3) is 10.4 Å². The average Bonchev–Trinajstić information content (AvgIpc) is 2.33. The zero-order valence-electron chi connectivity index (χ0n) is 9.64. The van der Waals surface area contributed by atoms with Crippen LogP contribution in [0.1, 0.15) is 19.8 Å². The van der Waals surface area contributed by atoms with E-state index in [2.05, 4.69) is 10.0 Å². The van der Waals surface area contributed by atoms with Gasteiger partial charge in [-0.25, -0.2) is 17.6 Å². The summed E-state index contributed by atoms with van der Waals surface area (Å²) in [5, 5.41) is 2.73. The van der Waals surface area contributed by atoms with Gasteiger partial charge in [0.1, 0.15) is 36.5 Å². The monoisotopic (exact) mass is 267 g/mol.